The van der Waals surface area contributed by atoms with Crippen LogP contribution in [0.4, 0.5) is 4.39 Å². The first-order chi connectivity index (χ1) is 15.2. The molecule has 1 fully saturated rings. The van der Waals surface area contributed by atoms with Crippen LogP contribution in [0.1, 0.15) is 28.9 Å². The van der Waals surface area contributed by atoms with Gasteiger partial charge in [-0.2, -0.15) is 0 Å². The lowest BCUT2D eigenvalue weighted by molar-refractivity contribution is 0.0744. The van der Waals surface area contributed by atoms with Gasteiger partial charge < -0.3 is 9.88 Å². The topological polar surface area (TPSA) is 61.9 Å². The van der Waals surface area contributed by atoms with Gasteiger partial charge in [0.25, 0.3) is 5.91 Å². The van der Waals surface area contributed by atoms with Gasteiger partial charge in [-0.3, -0.25) is 9.78 Å². The number of aromatic amines is 1. The van der Waals surface area contributed by atoms with Gasteiger partial charge in [0.05, 0.1) is 0 Å². The van der Waals surface area contributed by atoms with Crippen LogP contribution < -0.4 is 0 Å². The van der Waals surface area contributed by atoms with Crippen LogP contribution in [0.2, 0.25) is 0 Å². The molecule has 1 amide bonds. The van der Waals surface area contributed by atoms with Crippen molar-refractivity contribution in [3.63, 3.8) is 0 Å². The maximum absolute atomic E-state index is 14.4. The van der Waals surface area contributed by atoms with E-state index in [4.69, 9.17) is 0 Å². The molecule has 6 heteroatoms. The number of H-pyrrole nitrogens is 1. The number of carbonyl (C=O) groups excluding carboxylic acids is 1. The molecule has 2 aromatic carbocycles. The second-order valence-electron chi connectivity index (χ2n) is 8.04. The monoisotopic (exact) mass is 414 g/mol. The summed E-state index contributed by atoms with van der Waals surface area (Å²) in [4.78, 5) is 27.4. The molecule has 4 aromatic rings. The van der Waals surface area contributed by atoms with Crippen molar-refractivity contribution in [1.29, 1.82) is 0 Å². The van der Waals surface area contributed by atoms with Gasteiger partial charge in [-0.05, 0) is 42.9 Å². The number of hydrogen-bond donors (Lipinski definition) is 1. The Morgan fingerprint density at radius 3 is 2.68 bits per heavy atom. The van der Waals surface area contributed by atoms with Gasteiger partial charge >= 0.3 is 0 Å². The average Bonchev–Trinajstić information content (AvgIpc) is 3.54. The van der Waals surface area contributed by atoms with Gasteiger partial charge in [0.1, 0.15) is 11.5 Å². The first kappa shape index (κ1) is 19.4. The molecule has 0 saturated heterocycles. The van der Waals surface area contributed by atoms with E-state index in [1.165, 1.54) is 6.07 Å². The van der Waals surface area contributed by atoms with E-state index in [9.17, 15) is 9.18 Å². The van der Waals surface area contributed by atoms with Crippen LogP contribution in [0.25, 0.3) is 22.2 Å². The van der Waals surface area contributed by atoms with Gasteiger partial charge in [0.2, 0.25) is 0 Å². The quantitative estimate of drug-likeness (QED) is 0.470. The van der Waals surface area contributed by atoms with Crippen LogP contribution in [0.5, 0.6) is 0 Å². The lowest BCUT2D eigenvalue weighted by atomic mass is 10.1. The molecule has 1 aliphatic carbocycles. The summed E-state index contributed by atoms with van der Waals surface area (Å²) in [6.07, 6.45) is 7.85. The van der Waals surface area contributed by atoms with E-state index < -0.39 is 0 Å². The summed E-state index contributed by atoms with van der Waals surface area (Å²) in [5.41, 5.74) is 3.47. The molecule has 1 aliphatic rings. The fourth-order valence-electron chi connectivity index (χ4n) is 4.00. The molecule has 5 rings (SSSR count). The van der Waals surface area contributed by atoms with Gasteiger partial charge in [-0.15, -0.1) is 0 Å². The fraction of sp³-hybridized carbons (Fsp3) is 0.240. The lowest BCUT2D eigenvalue weighted by Crippen LogP contribution is -2.35. The molecule has 5 nitrogen and oxygen atoms in total. The minimum Gasteiger partial charge on any atom is -0.361 e. The Balaban J connectivity index is 1.42. The number of amides is 1. The zero-order chi connectivity index (χ0) is 21.2. The van der Waals surface area contributed by atoms with E-state index in [2.05, 4.69) is 15.0 Å². The van der Waals surface area contributed by atoms with Crippen LogP contribution in [0.3, 0.4) is 0 Å². The van der Waals surface area contributed by atoms with E-state index in [1.807, 2.05) is 47.5 Å². The summed E-state index contributed by atoms with van der Waals surface area (Å²) >= 11 is 0. The SMILES string of the molecule is O=C(c1nccnc1-c1ccccc1)N(CCc1c[nH]c2cccc(F)c12)CC1CC1. The Kier molecular flexibility index (Phi) is 5.20. The lowest BCUT2D eigenvalue weighted by Gasteiger charge is -2.23. The number of halogens is 1. The van der Waals surface area contributed by atoms with E-state index in [0.29, 0.717) is 42.2 Å². The van der Waals surface area contributed by atoms with Crippen molar-refractivity contribution in [1.82, 2.24) is 19.9 Å². The highest BCUT2D eigenvalue weighted by Gasteiger charge is 2.29. The third-order valence-corrected chi connectivity index (χ3v) is 5.80. The Morgan fingerprint density at radius 1 is 1.06 bits per heavy atom. The summed E-state index contributed by atoms with van der Waals surface area (Å²) in [5, 5.41) is 0.603. The second-order valence-corrected chi connectivity index (χ2v) is 8.04. The van der Waals surface area contributed by atoms with Gasteiger partial charge in [-0.25, -0.2) is 9.37 Å². The number of fused-ring (bicyclic) bond motifs is 1. The molecule has 0 spiro atoms. The van der Waals surface area contributed by atoms with Gasteiger partial charge in [-0.1, -0.05) is 36.4 Å². The molecule has 2 heterocycles. The normalized spacial score (nSPS) is 13.5. The number of hydrogen-bond acceptors (Lipinski definition) is 3. The summed E-state index contributed by atoms with van der Waals surface area (Å²) in [5.74, 6) is 0.161. The van der Waals surface area contributed by atoms with Crippen molar-refractivity contribution in [2.45, 2.75) is 19.3 Å². The zero-order valence-electron chi connectivity index (χ0n) is 17.1. The predicted molar refractivity (Wildman–Crippen MR) is 118 cm³/mol. The highest BCUT2D eigenvalue weighted by Crippen LogP contribution is 2.31. The number of benzene rings is 2. The third kappa shape index (κ3) is 4.06. The Bertz CT molecular complexity index is 1220. The van der Waals surface area contributed by atoms with Crippen molar-refractivity contribution in [2.24, 2.45) is 5.92 Å². The molecule has 0 radical (unpaired) electrons. The van der Waals surface area contributed by atoms with Gasteiger partial charge in [0.15, 0.2) is 5.69 Å². The van der Waals surface area contributed by atoms with Crippen LogP contribution in [-0.2, 0) is 6.42 Å². The van der Waals surface area contributed by atoms with Crippen LogP contribution in [0.15, 0.2) is 67.1 Å². The van der Waals surface area contributed by atoms with E-state index in [0.717, 1.165) is 29.5 Å². The number of nitrogens with zero attached hydrogens (tertiary/aromatic N) is 3. The van der Waals surface area contributed by atoms with Crippen molar-refractivity contribution >= 4 is 16.8 Å². The zero-order valence-corrected chi connectivity index (χ0v) is 17.1. The fourth-order valence-corrected chi connectivity index (χ4v) is 4.00. The second kappa shape index (κ2) is 8.30. The van der Waals surface area contributed by atoms with E-state index in [1.54, 1.807) is 18.5 Å². The smallest absolute Gasteiger partial charge is 0.274 e. The molecule has 0 bridgehead atoms. The standard InChI is InChI=1S/C25H23FN4O/c26-20-7-4-8-21-22(20)19(15-29-21)11-14-30(16-17-9-10-17)25(31)24-23(27-12-13-28-24)18-5-2-1-3-6-18/h1-8,12-13,15,17,29H,9-11,14,16H2. The molecule has 0 aliphatic heterocycles. The van der Waals surface area contributed by atoms with Crippen molar-refractivity contribution in [3.05, 3.63) is 84.2 Å². The Labute approximate surface area is 180 Å². The first-order valence-electron chi connectivity index (χ1n) is 10.6. The molecule has 1 saturated carbocycles. The summed E-state index contributed by atoms with van der Waals surface area (Å²) in [6, 6.07) is 14.7. The number of rotatable bonds is 7. The molecule has 1 N–H and O–H groups in total. The molecular formula is C25H23FN4O. The largest absolute Gasteiger partial charge is 0.361 e. The van der Waals surface area contributed by atoms with Crippen molar-refractivity contribution in [3.8, 4) is 11.3 Å². The van der Waals surface area contributed by atoms with Crippen LogP contribution in [0, 0.1) is 11.7 Å². The van der Waals surface area contributed by atoms with E-state index in [-0.39, 0.29) is 11.7 Å². The highest BCUT2D eigenvalue weighted by atomic mass is 19.1. The minimum atomic E-state index is -0.242. The highest BCUT2D eigenvalue weighted by molar-refractivity contribution is 5.98. The van der Waals surface area contributed by atoms with E-state index >= 15 is 0 Å². The number of aromatic nitrogens is 3. The summed E-state index contributed by atoms with van der Waals surface area (Å²) in [6.45, 7) is 1.19. The molecule has 31 heavy (non-hydrogen) atoms. The molecule has 156 valence electrons. The van der Waals surface area contributed by atoms with Crippen molar-refractivity contribution in [2.75, 3.05) is 13.1 Å². The first-order valence-corrected chi connectivity index (χ1v) is 10.6. The molecular weight excluding hydrogens is 391 g/mol. The summed E-state index contributed by atoms with van der Waals surface area (Å²) < 4.78 is 14.4. The summed E-state index contributed by atoms with van der Waals surface area (Å²) in [7, 11) is 0. The van der Waals surface area contributed by atoms with Crippen LogP contribution in [-0.4, -0.2) is 38.8 Å². The maximum Gasteiger partial charge on any atom is 0.274 e. The van der Waals surface area contributed by atoms with Gasteiger partial charge in [0, 0.05) is 48.1 Å². The third-order valence-electron chi connectivity index (χ3n) is 5.80. The average molecular weight is 414 g/mol. The molecule has 2 aromatic heterocycles. The number of nitrogens with one attached hydrogen (secondary N) is 1. The molecule has 0 atom stereocenters. The Hall–Kier alpha value is -3.54. The minimum absolute atomic E-state index is 0.126. The number of carbonyl (C=O) groups is 1. The van der Waals surface area contributed by atoms with Crippen LogP contribution >= 0.6 is 0 Å². The maximum atomic E-state index is 14.4. The predicted octanol–water partition coefficient (Wildman–Crippen LogP) is 4.86. The molecule has 0 unspecified atom stereocenters. The Morgan fingerprint density at radius 2 is 1.87 bits per heavy atom. The van der Waals surface area contributed by atoms with Crippen molar-refractivity contribution < 1.29 is 9.18 Å².